The van der Waals surface area contributed by atoms with Crippen LogP contribution < -0.4 is 5.73 Å². The molecule has 0 aromatic carbocycles. The van der Waals surface area contributed by atoms with Gasteiger partial charge >= 0.3 is 0 Å². The van der Waals surface area contributed by atoms with Crippen molar-refractivity contribution in [1.82, 2.24) is 10.1 Å². The maximum Gasteiger partial charge on any atom is 0.243 e. The van der Waals surface area contributed by atoms with Gasteiger partial charge in [0.05, 0.1) is 6.04 Å². The van der Waals surface area contributed by atoms with Crippen LogP contribution in [0.5, 0.6) is 0 Å². The quantitative estimate of drug-likeness (QED) is 0.779. The van der Waals surface area contributed by atoms with Crippen molar-refractivity contribution in [3.05, 3.63) is 11.7 Å². The molecule has 1 aliphatic carbocycles. The minimum atomic E-state index is -0.336. The molecule has 0 bridgehead atoms. The highest BCUT2D eigenvalue weighted by Gasteiger charge is 2.23. The van der Waals surface area contributed by atoms with Crippen LogP contribution in [0.2, 0.25) is 0 Å². The summed E-state index contributed by atoms with van der Waals surface area (Å²) in [5.41, 5.74) is 5.76. The molecule has 15 heavy (non-hydrogen) atoms. The van der Waals surface area contributed by atoms with E-state index in [1.54, 1.807) is 0 Å². The van der Waals surface area contributed by atoms with Gasteiger partial charge in [0.2, 0.25) is 5.89 Å². The van der Waals surface area contributed by atoms with E-state index in [1.165, 1.54) is 12.8 Å². The first-order valence-electron chi connectivity index (χ1n) is 5.51. The van der Waals surface area contributed by atoms with Gasteiger partial charge in [-0.2, -0.15) is 4.98 Å². The lowest BCUT2D eigenvalue weighted by Gasteiger charge is -2.02. The molecule has 1 saturated carbocycles. The molecule has 84 valence electrons. The van der Waals surface area contributed by atoms with Crippen molar-refractivity contribution in [3.8, 4) is 0 Å². The van der Waals surface area contributed by atoms with Crippen LogP contribution in [0, 0.1) is 0 Å². The van der Waals surface area contributed by atoms with Crippen molar-refractivity contribution in [3.63, 3.8) is 0 Å². The van der Waals surface area contributed by atoms with Crippen molar-refractivity contribution in [2.45, 2.75) is 44.1 Å². The molecule has 1 atom stereocenters. The van der Waals surface area contributed by atoms with Gasteiger partial charge in [0, 0.05) is 12.5 Å². The molecule has 1 heterocycles. The van der Waals surface area contributed by atoms with Crippen LogP contribution in [0.4, 0.5) is 0 Å². The fourth-order valence-corrected chi connectivity index (χ4v) is 2.01. The molecule has 0 spiro atoms. The van der Waals surface area contributed by atoms with Crippen LogP contribution in [0.1, 0.15) is 55.8 Å². The lowest BCUT2D eigenvalue weighted by atomic mass is 10.1. The molecular formula is C10H17N3O2. The Hall–Kier alpha value is -0.940. The second-order valence-corrected chi connectivity index (χ2v) is 4.09. The van der Waals surface area contributed by atoms with Crippen molar-refractivity contribution in [1.29, 1.82) is 0 Å². The second kappa shape index (κ2) is 4.72. The van der Waals surface area contributed by atoms with Gasteiger partial charge < -0.3 is 15.4 Å². The molecule has 0 radical (unpaired) electrons. The smallest absolute Gasteiger partial charge is 0.243 e. The Bertz CT molecular complexity index is 307. The predicted octanol–water partition coefficient (Wildman–Crippen LogP) is 1.11. The molecule has 0 saturated heterocycles. The lowest BCUT2D eigenvalue weighted by Crippen LogP contribution is -2.12. The standard InChI is InChI=1S/C10H17N3O2/c11-8(5-6-14)10-12-9(13-15-10)7-3-1-2-4-7/h7-8,14H,1-6,11H2. The molecule has 5 heteroatoms. The molecule has 1 aromatic heterocycles. The van der Waals surface area contributed by atoms with E-state index in [2.05, 4.69) is 10.1 Å². The fourth-order valence-electron chi connectivity index (χ4n) is 2.01. The number of hydrogen-bond acceptors (Lipinski definition) is 5. The first kappa shape index (κ1) is 10.6. The summed E-state index contributed by atoms with van der Waals surface area (Å²) < 4.78 is 5.09. The summed E-state index contributed by atoms with van der Waals surface area (Å²) in [7, 11) is 0. The first-order chi connectivity index (χ1) is 7.31. The summed E-state index contributed by atoms with van der Waals surface area (Å²) in [5, 5.41) is 12.7. The van der Waals surface area contributed by atoms with Crippen LogP contribution in [0.15, 0.2) is 4.52 Å². The van der Waals surface area contributed by atoms with Gasteiger partial charge in [0.1, 0.15) is 0 Å². The van der Waals surface area contributed by atoms with Crippen LogP contribution in [0.3, 0.4) is 0 Å². The van der Waals surface area contributed by atoms with Crippen LogP contribution in [-0.2, 0) is 0 Å². The van der Waals surface area contributed by atoms with E-state index < -0.39 is 0 Å². The molecule has 1 fully saturated rings. The Kier molecular flexibility index (Phi) is 3.33. The summed E-state index contributed by atoms with van der Waals surface area (Å²) in [4.78, 5) is 4.30. The minimum Gasteiger partial charge on any atom is -0.396 e. The van der Waals surface area contributed by atoms with Crippen molar-refractivity contribution in [2.24, 2.45) is 5.73 Å². The molecule has 1 aliphatic rings. The maximum atomic E-state index is 8.75. The molecule has 0 aliphatic heterocycles. The number of aliphatic hydroxyl groups excluding tert-OH is 1. The number of hydrogen-bond donors (Lipinski definition) is 2. The number of nitrogens with two attached hydrogens (primary N) is 1. The largest absolute Gasteiger partial charge is 0.396 e. The fraction of sp³-hybridized carbons (Fsp3) is 0.800. The third-order valence-corrected chi connectivity index (χ3v) is 2.94. The second-order valence-electron chi connectivity index (χ2n) is 4.09. The Morgan fingerprint density at radius 3 is 2.87 bits per heavy atom. The maximum absolute atomic E-state index is 8.75. The molecular weight excluding hydrogens is 194 g/mol. The van der Waals surface area contributed by atoms with Gasteiger partial charge in [-0.25, -0.2) is 0 Å². The van der Waals surface area contributed by atoms with Gasteiger partial charge in [-0.3, -0.25) is 0 Å². The molecule has 0 amide bonds. The molecule has 1 aromatic rings. The highest BCUT2D eigenvalue weighted by atomic mass is 16.5. The normalized spacial score (nSPS) is 19.6. The van der Waals surface area contributed by atoms with Gasteiger partial charge in [0.25, 0.3) is 0 Å². The zero-order valence-corrected chi connectivity index (χ0v) is 8.72. The average Bonchev–Trinajstić information content (AvgIpc) is 2.89. The van der Waals surface area contributed by atoms with Crippen molar-refractivity contribution >= 4 is 0 Å². The number of rotatable bonds is 4. The average molecular weight is 211 g/mol. The minimum absolute atomic E-state index is 0.0440. The Morgan fingerprint density at radius 2 is 2.20 bits per heavy atom. The van der Waals surface area contributed by atoms with Gasteiger partial charge in [0.15, 0.2) is 5.82 Å². The van der Waals surface area contributed by atoms with Gasteiger partial charge in [-0.15, -0.1) is 0 Å². The molecule has 5 nitrogen and oxygen atoms in total. The summed E-state index contributed by atoms with van der Waals surface area (Å²) in [6, 6.07) is -0.336. The van der Waals surface area contributed by atoms with Gasteiger partial charge in [-0.1, -0.05) is 18.0 Å². The highest BCUT2D eigenvalue weighted by molar-refractivity contribution is 4.99. The molecule has 3 N–H and O–H groups in total. The third kappa shape index (κ3) is 2.35. The van der Waals surface area contributed by atoms with Crippen LogP contribution in [0.25, 0.3) is 0 Å². The summed E-state index contributed by atoms with van der Waals surface area (Å²) in [5.74, 6) is 1.69. The lowest BCUT2D eigenvalue weighted by molar-refractivity contribution is 0.259. The Labute approximate surface area is 88.7 Å². The predicted molar refractivity (Wildman–Crippen MR) is 54.1 cm³/mol. The van der Waals surface area contributed by atoms with E-state index in [4.69, 9.17) is 15.4 Å². The van der Waals surface area contributed by atoms with Crippen molar-refractivity contribution in [2.75, 3.05) is 6.61 Å². The third-order valence-electron chi connectivity index (χ3n) is 2.94. The Balaban J connectivity index is 2.02. The number of aromatic nitrogens is 2. The first-order valence-corrected chi connectivity index (χ1v) is 5.51. The van der Waals surface area contributed by atoms with E-state index in [1.807, 2.05) is 0 Å². The van der Waals surface area contributed by atoms with E-state index in [-0.39, 0.29) is 12.6 Å². The van der Waals surface area contributed by atoms with E-state index in [0.29, 0.717) is 18.2 Å². The highest BCUT2D eigenvalue weighted by Crippen LogP contribution is 2.32. The zero-order valence-electron chi connectivity index (χ0n) is 8.72. The van der Waals surface area contributed by atoms with Crippen molar-refractivity contribution < 1.29 is 9.63 Å². The van der Waals surface area contributed by atoms with Crippen LogP contribution in [-0.4, -0.2) is 21.9 Å². The number of nitrogens with zero attached hydrogens (tertiary/aromatic N) is 2. The topological polar surface area (TPSA) is 85.2 Å². The van der Waals surface area contributed by atoms with E-state index >= 15 is 0 Å². The van der Waals surface area contributed by atoms with E-state index in [9.17, 15) is 0 Å². The zero-order chi connectivity index (χ0) is 10.7. The summed E-state index contributed by atoms with van der Waals surface area (Å²) in [6.45, 7) is 0.0440. The number of aliphatic hydroxyl groups is 1. The van der Waals surface area contributed by atoms with E-state index in [0.717, 1.165) is 18.7 Å². The summed E-state index contributed by atoms with van der Waals surface area (Å²) >= 11 is 0. The van der Waals surface area contributed by atoms with Gasteiger partial charge in [-0.05, 0) is 19.3 Å². The summed E-state index contributed by atoms with van der Waals surface area (Å²) in [6.07, 6.45) is 5.25. The SMILES string of the molecule is NC(CCO)c1nc(C2CCCC2)no1. The monoisotopic (exact) mass is 211 g/mol. The molecule has 1 unspecified atom stereocenters. The van der Waals surface area contributed by atoms with Crippen LogP contribution >= 0.6 is 0 Å². The Morgan fingerprint density at radius 1 is 1.47 bits per heavy atom. The molecule has 2 rings (SSSR count).